The lowest BCUT2D eigenvalue weighted by Crippen LogP contribution is -2.44. The number of benzene rings is 1. The fraction of sp³-hybridized carbons (Fsp3) is 0.385. The molecule has 0 atom stereocenters. The first-order chi connectivity index (χ1) is 9.24. The van der Waals surface area contributed by atoms with E-state index < -0.39 is 0 Å². The van der Waals surface area contributed by atoms with Crippen molar-refractivity contribution < 1.29 is 4.39 Å². The summed E-state index contributed by atoms with van der Waals surface area (Å²) in [7, 11) is 0. The maximum absolute atomic E-state index is 13.9. The van der Waals surface area contributed by atoms with Crippen LogP contribution < -0.4 is 10.2 Å². The number of hydrogen-bond donors (Lipinski definition) is 2. The van der Waals surface area contributed by atoms with Gasteiger partial charge in [-0.1, -0.05) is 6.07 Å². The average molecular weight is 261 g/mol. The summed E-state index contributed by atoms with van der Waals surface area (Å²) in [5, 5.41) is 10.3. The van der Waals surface area contributed by atoms with Crippen LogP contribution in [0.4, 0.5) is 10.3 Å². The summed E-state index contributed by atoms with van der Waals surface area (Å²) in [5.41, 5.74) is 1.35. The Morgan fingerprint density at radius 1 is 1.26 bits per heavy atom. The first-order valence-corrected chi connectivity index (χ1v) is 6.38. The first kappa shape index (κ1) is 12.1. The fourth-order valence-corrected chi connectivity index (χ4v) is 2.19. The lowest BCUT2D eigenvalue weighted by atomic mass is 10.1. The van der Waals surface area contributed by atoms with Gasteiger partial charge in [-0.05, 0) is 24.6 Å². The summed E-state index contributed by atoms with van der Waals surface area (Å²) in [6.07, 6.45) is 0. The summed E-state index contributed by atoms with van der Waals surface area (Å²) in [4.78, 5) is 6.47. The number of hydrogen-bond acceptors (Lipinski definition) is 4. The topological polar surface area (TPSA) is 56.8 Å². The molecule has 1 saturated heterocycles. The summed E-state index contributed by atoms with van der Waals surface area (Å²) < 4.78 is 13.9. The minimum absolute atomic E-state index is 0.275. The number of aromatic amines is 1. The van der Waals surface area contributed by atoms with Crippen molar-refractivity contribution in [2.75, 3.05) is 31.1 Å². The molecule has 5 nitrogen and oxygen atoms in total. The zero-order valence-corrected chi connectivity index (χ0v) is 10.8. The van der Waals surface area contributed by atoms with Crippen LogP contribution >= 0.6 is 0 Å². The molecule has 100 valence electrons. The molecule has 2 N–H and O–H groups in total. The van der Waals surface area contributed by atoms with Gasteiger partial charge in [-0.15, -0.1) is 5.10 Å². The molecule has 6 heteroatoms. The van der Waals surface area contributed by atoms with Gasteiger partial charge in [0.2, 0.25) is 5.95 Å². The summed E-state index contributed by atoms with van der Waals surface area (Å²) in [6, 6.07) is 5.10. The molecule has 0 aliphatic carbocycles. The van der Waals surface area contributed by atoms with Crippen LogP contribution in [0.2, 0.25) is 0 Å². The molecule has 19 heavy (non-hydrogen) atoms. The van der Waals surface area contributed by atoms with Gasteiger partial charge in [0.25, 0.3) is 0 Å². The van der Waals surface area contributed by atoms with E-state index in [9.17, 15) is 4.39 Å². The monoisotopic (exact) mass is 261 g/mol. The van der Waals surface area contributed by atoms with Crippen molar-refractivity contribution in [1.82, 2.24) is 20.5 Å². The molecule has 0 radical (unpaired) electrons. The molecule has 2 heterocycles. The zero-order chi connectivity index (χ0) is 13.2. The molecule has 0 bridgehead atoms. The van der Waals surface area contributed by atoms with Crippen molar-refractivity contribution in [3.05, 3.63) is 29.6 Å². The highest BCUT2D eigenvalue weighted by molar-refractivity contribution is 5.57. The van der Waals surface area contributed by atoms with Crippen LogP contribution in [0.15, 0.2) is 18.2 Å². The van der Waals surface area contributed by atoms with Crippen molar-refractivity contribution in [3.8, 4) is 11.4 Å². The molecular weight excluding hydrogens is 245 g/mol. The molecule has 1 aromatic heterocycles. The van der Waals surface area contributed by atoms with Crippen molar-refractivity contribution in [2.24, 2.45) is 0 Å². The van der Waals surface area contributed by atoms with Crippen molar-refractivity contribution in [1.29, 1.82) is 0 Å². The minimum Gasteiger partial charge on any atom is -0.337 e. The van der Waals surface area contributed by atoms with Gasteiger partial charge in [0, 0.05) is 26.2 Å². The molecular formula is C13H16FN5. The van der Waals surface area contributed by atoms with Crippen molar-refractivity contribution in [2.45, 2.75) is 6.92 Å². The number of halogens is 1. The van der Waals surface area contributed by atoms with Gasteiger partial charge >= 0.3 is 0 Å². The third-order valence-electron chi connectivity index (χ3n) is 3.25. The predicted octanol–water partition coefficient (Wildman–Crippen LogP) is 1.33. The highest BCUT2D eigenvalue weighted by atomic mass is 19.1. The Balaban J connectivity index is 1.87. The Labute approximate surface area is 110 Å². The van der Waals surface area contributed by atoms with Gasteiger partial charge in [0.05, 0.1) is 5.56 Å². The largest absolute Gasteiger partial charge is 0.337 e. The fourth-order valence-electron chi connectivity index (χ4n) is 2.19. The van der Waals surface area contributed by atoms with E-state index >= 15 is 0 Å². The van der Waals surface area contributed by atoms with Gasteiger partial charge in [-0.25, -0.2) is 4.39 Å². The summed E-state index contributed by atoms with van der Waals surface area (Å²) in [5.74, 6) is 0.838. The first-order valence-electron chi connectivity index (χ1n) is 6.38. The Morgan fingerprint density at radius 2 is 2.05 bits per heavy atom. The van der Waals surface area contributed by atoms with E-state index in [1.165, 1.54) is 6.07 Å². The average Bonchev–Trinajstić information content (AvgIpc) is 2.89. The molecule has 2 aromatic rings. The smallest absolute Gasteiger partial charge is 0.245 e. The predicted molar refractivity (Wildman–Crippen MR) is 71.6 cm³/mol. The van der Waals surface area contributed by atoms with Gasteiger partial charge in [0.1, 0.15) is 5.82 Å². The van der Waals surface area contributed by atoms with E-state index in [2.05, 4.69) is 25.4 Å². The van der Waals surface area contributed by atoms with Crippen LogP contribution in [-0.4, -0.2) is 41.4 Å². The minimum atomic E-state index is -0.275. The Kier molecular flexibility index (Phi) is 3.16. The lowest BCUT2D eigenvalue weighted by molar-refractivity contribution is 0.580. The highest BCUT2D eigenvalue weighted by Crippen LogP contribution is 2.21. The van der Waals surface area contributed by atoms with Gasteiger partial charge < -0.3 is 10.2 Å². The Hall–Kier alpha value is -1.95. The Bertz CT molecular complexity index is 574. The molecule has 1 aromatic carbocycles. The number of aryl methyl sites for hydroxylation is 1. The van der Waals surface area contributed by atoms with E-state index in [0.29, 0.717) is 17.3 Å². The molecule has 1 aliphatic heterocycles. The normalized spacial score (nSPS) is 15.8. The quantitative estimate of drug-likeness (QED) is 0.856. The molecule has 0 unspecified atom stereocenters. The van der Waals surface area contributed by atoms with Crippen molar-refractivity contribution >= 4 is 5.95 Å². The van der Waals surface area contributed by atoms with E-state index in [1.807, 2.05) is 13.0 Å². The number of nitrogens with zero attached hydrogens (tertiary/aromatic N) is 3. The summed E-state index contributed by atoms with van der Waals surface area (Å²) in [6.45, 7) is 5.44. The van der Waals surface area contributed by atoms with E-state index in [0.717, 1.165) is 31.7 Å². The summed E-state index contributed by atoms with van der Waals surface area (Å²) >= 11 is 0. The van der Waals surface area contributed by atoms with Crippen LogP contribution in [0.25, 0.3) is 11.4 Å². The molecule has 0 saturated carbocycles. The van der Waals surface area contributed by atoms with Gasteiger partial charge in [0.15, 0.2) is 5.82 Å². The number of H-pyrrole nitrogens is 1. The second-order valence-electron chi connectivity index (χ2n) is 4.70. The molecule has 0 spiro atoms. The highest BCUT2D eigenvalue weighted by Gasteiger charge is 2.16. The number of piperazine rings is 1. The van der Waals surface area contributed by atoms with Crippen LogP contribution in [-0.2, 0) is 0 Å². The van der Waals surface area contributed by atoms with Crippen LogP contribution in [0.3, 0.4) is 0 Å². The number of rotatable bonds is 2. The van der Waals surface area contributed by atoms with E-state index in [4.69, 9.17) is 0 Å². The number of aromatic nitrogens is 3. The molecule has 1 fully saturated rings. The maximum Gasteiger partial charge on any atom is 0.245 e. The van der Waals surface area contributed by atoms with Crippen LogP contribution in [0, 0.1) is 12.7 Å². The Morgan fingerprint density at radius 3 is 2.79 bits per heavy atom. The maximum atomic E-state index is 13.9. The zero-order valence-electron chi connectivity index (χ0n) is 10.8. The number of nitrogens with one attached hydrogen (secondary N) is 2. The molecule has 1 aliphatic rings. The van der Waals surface area contributed by atoms with Crippen molar-refractivity contribution in [3.63, 3.8) is 0 Å². The van der Waals surface area contributed by atoms with E-state index in [-0.39, 0.29) is 5.82 Å². The number of anilines is 1. The molecule has 0 amide bonds. The van der Waals surface area contributed by atoms with Gasteiger partial charge in [-0.3, -0.25) is 5.10 Å². The standard InChI is InChI=1S/C13H16FN5/c1-9-2-3-10(11(14)8-9)12-16-13(18-17-12)19-6-4-15-5-7-19/h2-3,8,15H,4-7H2,1H3,(H,16,17,18). The molecule has 3 rings (SSSR count). The van der Waals surface area contributed by atoms with Crippen LogP contribution in [0.1, 0.15) is 5.56 Å². The van der Waals surface area contributed by atoms with Crippen LogP contribution in [0.5, 0.6) is 0 Å². The lowest BCUT2D eigenvalue weighted by Gasteiger charge is -2.25. The second kappa shape index (κ2) is 4.97. The second-order valence-corrected chi connectivity index (χ2v) is 4.70. The SMILES string of the molecule is Cc1ccc(-c2nc(N3CCNCC3)n[nH]2)c(F)c1. The van der Waals surface area contributed by atoms with E-state index in [1.54, 1.807) is 6.07 Å². The van der Waals surface area contributed by atoms with Gasteiger partial charge in [-0.2, -0.15) is 4.98 Å². The third kappa shape index (κ3) is 2.44. The third-order valence-corrected chi connectivity index (χ3v) is 3.25.